The molecule has 0 heterocycles. The summed E-state index contributed by atoms with van der Waals surface area (Å²) in [5.74, 6) is 0.434. The van der Waals surface area contributed by atoms with E-state index >= 15 is 0 Å². The van der Waals surface area contributed by atoms with Gasteiger partial charge in [-0.3, -0.25) is 4.52 Å². The lowest BCUT2D eigenvalue weighted by atomic mass is 10.1. The highest BCUT2D eigenvalue weighted by Gasteiger charge is 2.22. The molecule has 1 unspecified atom stereocenters. The van der Waals surface area contributed by atoms with Gasteiger partial charge in [0.15, 0.2) is 0 Å². The zero-order valence-corrected chi connectivity index (χ0v) is 11.4. The highest BCUT2D eigenvalue weighted by Crippen LogP contribution is 2.53. The van der Waals surface area contributed by atoms with Crippen LogP contribution in [0.15, 0.2) is 54.6 Å². The molecule has 2 rings (SSSR count). The lowest BCUT2D eigenvalue weighted by molar-refractivity contribution is 0.340. The van der Waals surface area contributed by atoms with Crippen LogP contribution in [0.25, 0.3) is 11.1 Å². The van der Waals surface area contributed by atoms with E-state index in [0.29, 0.717) is 5.75 Å². The maximum absolute atomic E-state index is 11.7. The zero-order chi connectivity index (χ0) is 13.0. The van der Waals surface area contributed by atoms with Crippen molar-refractivity contribution in [2.45, 2.75) is 0 Å². The van der Waals surface area contributed by atoms with Crippen molar-refractivity contribution in [2.24, 2.45) is 0 Å². The Kier molecular flexibility index (Phi) is 4.07. The second-order valence-electron chi connectivity index (χ2n) is 3.57. The maximum Gasteiger partial charge on any atom is 0.476 e. The van der Waals surface area contributed by atoms with Crippen molar-refractivity contribution in [1.82, 2.24) is 0 Å². The molecule has 0 fully saturated rings. The zero-order valence-electron chi connectivity index (χ0n) is 9.75. The molecule has 2 aromatic carbocycles. The Morgan fingerprint density at radius 2 is 1.61 bits per heavy atom. The molecule has 0 aliphatic heterocycles. The molecular formula is C13H12ClO3P. The third kappa shape index (κ3) is 3.14. The standard InChI is InChI=1S/C13H12ClO3P/c1-16-18(14,15)17-13-10-6-5-9-12(13)11-7-3-2-4-8-11/h2-10H,1H3. The van der Waals surface area contributed by atoms with Crippen LogP contribution in [0.4, 0.5) is 0 Å². The summed E-state index contributed by atoms with van der Waals surface area (Å²) < 4.78 is 21.5. The van der Waals surface area contributed by atoms with Crippen LogP contribution >= 0.6 is 18.2 Å². The van der Waals surface area contributed by atoms with Gasteiger partial charge in [0.2, 0.25) is 0 Å². The first-order chi connectivity index (χ1) is 8.62. The fraction of sp³-hybridized carbons (Fsp3) is 0.0769. The Bertz CT molecular complexity index is 571. The number of benzene rings is 2. The van der Waals surface area contributed by atoms with Gasteiger partial charge in [0.05, 0.1) is 0 Å². The van der Waals surface area contributed by atoms with Gasteiger partial charge in [0, 0.05) is 23.9 Å². The van der Waals surface area contributed by atoms with Gasteiger partial charge in [-0.1, -0.05) is 48.5 Å². The van der Waals surface area contributed by atoms with E-state index in [2.05, 4.69) is 4.52 Å². The van der Waals surface area contributed by atoms with Gasteiger partial charge < -0.3 is 4.52 Å². The fourth-order valence-electron chi connectivity index (χ4n) is 1.56. The Hall–Kier alpha value is -1.28. The third-order valence-corrected chi connectivity index (χ3v) is 3.87. The lowest BCUT2D eigenvalue weighted by Gasteiger charge is -2.13. The number of halogens is 1. The summed E-state index contributed by atoms with van der Waals surface area (Å²) in [6, 6.07) is 16.9. The van der Waals surface area contributed by atoms with Crippen LogP contribution in [0.5, 0.6) is 5.75 Å². The first kappa shape index (κ1) is 13.2. The molecule has 0 aliphatic carbocycles. The third-order valence-electron chi connectivity index (χ3n) is 2.40. The minimum atomic E-state index is -3.57. The molecule has 2 aromatic rings. The van der Waals surface area contributed by atoms with Gasteiger partial charge in [-0.25, -0.2) is 4.57 Å². The van der Waals surface area contributed by atoms with Crippen LogP contribution < -0.4 is 4.52 Å². The van der Waals surface area contributed by atoms with E-state index in [0.717, 1.165) is 11.1 Å². The lowest BCUT2D eigenvalue weighted by Crippen LogP contribution is -1.91. The molecule has 94 valence electrons. The number of para-hydroxylation sites is 1. The van der Waals surface area contributed by atoms with E-state index in [9.17, 15) is 4.57 Å². The normalized spacial score (nSPS) is 13.9. The molecule has 0 saturated heterocycles. The molecule has 0 saturated carbocycles. The van der Waals surface area contributed by atoms with Crippen LogP contribution in [-0.4, -0.2) is 7.11 Å². The van der Waals surface area contributed by atoms with E-state index < -0.39 is 6.95 Å². The molecule has 0 bridgehead atoms. The van der Waals surface area contributed by atoms with E-state index in [-0.39, 0.29) is 0 Å². The van der Waals surface area contributed by atoms with E-state index in [1.165, 1.54) is 7.11 Å². The van der Waals surface area contributed by atoms with Crippen molar-refractivity contribution in [2.75, 3.05) is 7.11 Å². The van der Waals surface area contributed by atoms with Gasteiger partial charge in [-0.2, -0.15) is 0 Å². The SMILES string of the molecule is COP(=O)(Cl)Oc1ccccc1-c1ccccc1. The van der Waals surface area contributed by atoms with Crippen LogP contribution in [0.1, 0.15) is 0 Å². The minimum absolute atomic E-state index is 0.434. The predicted octanol–water partition coefficient (Wildman–Crippen LogP) is 4.73. The molecule has 0 aromatic heterocycles. The average molecular weight is 283 g/mol. The summed E-state index contributed by atoms with van der Waals surface area (Å²) in [7, 11) is 1.25. The van der Waals surface area contributed by atoms with Gasteiger partial charge in [-0.05, 0) is 11.6 Å². The number of hydrogen-bond acceptors (Lipinski definition) is 3. The second kappa shape index (κ2) is 5.57. The molecular weight excluding hydrogens is 271 g/mol. The van der Waals surface area contributed by atoms with E-state index in [1.807, 2.05) is 42.5 Å². The highest BCUT2D eigenvalue weighted by atomic mass is 35.7. The van der Waals surface area contributed by atoms with Crippen molar-refractivity contribution < 1.29 is 13.6 Å². The summed E-state index contributed by atoms with van der Waals surface area (Å²) in [4.78, 5) is 0. The Balaban J connectivity index is 2.41. The largest absolute Gasteiger partial charge is 0.476 e. The molecule has 18 heavy (non-hydrogen) atoms. The van der Waals surface area contributed by atoms with Crippen LogP contribution in [0, 0.1) is 0 Å². The molecule has 0 radical (unpaired) electrons. The van der Waals surface area contributed by atoms with Crippen LogP contribution in [-0.2, 0) is 9.09 Å². The summed E-state index contributed by atoms with van der Waals surface area (Å²) >= 11 is 5.63. The molecule has 5 heteroatoms. The number of rotatable bonds is 4. The van der Waals surface area contributed by atoms with Crippen molar-refractivity contribution in [3.63, 3.8) is 0 Å². The first-order valence-electron chi connectivity index (χ1n) is 5.32. The summed E-state index contributed by atoms with van der Waals surface area (Å²) in [6.45, 7) is -3.57. The van der Waals surface area contributed by atoms with Crippen molar-refractivity contribution in [3.8, 4) is 16.9 Å². The summed E-state index contributed by atoms with van der Waals surface area (Å²) in [5, 5.41) is 0. The molecule has 0 aliphatic rings. The van der Waals surface area contributed by atoms with Gasteiger partial charge in [0.25, 0.3) is 0 Å². The highest BCUT2D eigenvalue weighted by molar-refractivity contribution is 7.81. The molecule has 0 N–H and O–H groups in total. The molecule has 0 spiro atoms. The van der Waals surface area contributed by atoms with Crippen LogP contribution in [0.3, 0.4) is 0 Å². The molecule has 1 atom stereocenters. The maximum atomic E-state index is 11.7. The fourth-order valence-corrected chi connectivity index (χ4v) is 2.25. The Labute approximate surface area is 111 Å². The van der Waals surface area contributed by atoms with Crippen LogP contribution in [0.2, 0.25) is 0 Å². The van der Waals surface area contributed by atoms with E-state index in [1.54, 1.807) is 12.1 Å². The van der Waals surface area contributed by atoms with Crippen molar-refractivity contribution in [3.05, 3.63) is 54.6 Å². The number of hydrogen-bond donors (Lipinski definition) is 0. The summed E-state index contributed by atoms with van der Waals surface area (Å²) in [5.41, 5.74) is 1.77. The second-order valence-corrected chi connectivity index (χ2v) is 6.22. The summed E-state index contributed by atoms with van der Waals surface area (Å²) in [6.07, 6.45) is 0. The quantitative estimate of drug-likeness (QED) is 0.761. The minimum Gasteiger partial charge on any atom is -0.413 e. The topological polar surface area (TPSA) is 35.5 Å². The molecule has 0 amide bonds. The Morgan fingerprint density at radius 3 is 2.28 bits per heavy atom. The van der Waals surface area contributed by atoms with Crippen molar-refractivity contribution in [1.29, 1.82) is 0 Å². The smallest absolute Gasteiger partial charge is 0.413 e. The Morgan fingerprint density at radius 1 is 1.00 bits per heavy atom. The average Bonchev–Trinajstić information content (AvgIpc) is 2.40. The van der Waals surface area contributed by atoms with E-state index in [4.69, 9.17) is 15.8 Å². The van der Waals surface area contributed by atoms with Gasteiger partial charge in [0.1, 0.15) is 5.75 Å². The van der Waals surface area contributed by atoms with Crippen molar-refractivity contribution >= 4 is 18.2 Å². The van der Waals surface area contributed by atoms with Gasteiger partial charge >= 0.3 is 6.95 Å². The first-order valence-corrected chi connectivity index (χ1v) is 7.76. The monoisotopic (exact) mass is 282 g/mol. The molecule has 3 nitrogen and oxygen atoms in total. The van der Waals surface area contributed by atoms with Gasteiger partial charge in [-0.15, -0.1) is 0 Å². The predicted molar refractivity (Wildman–Crippen MR) is 73.0 cm³/mol.